The maximum Gasteiger partial charge on any atom is 0.534 e. The fourth-order valence-corrected chi connectivity index (χ4v) is 2.89. The summed E-state index contributed by atoms with van der Waals surface area (Å²) in [7, 11) is -5.79. The van der Waals surface area contributed by atoms with Crippen LogP contribution in [0.2, 0.25) is 10.0 Å². The highest BCUT2D eigenvalue weighted by Gasteiger charge is 2.48. The summed E-state index contributed by atoms with van der Waals surface area (Å²) in [5.41, 5.74) is -4.59. The maximum absolute atomic E-state index is 12.5. The summed E-state index contributed by atoms with van der Waals surface area (Å²) >= 11 is 11.8. The van der Waals surface area contributed by atoms with Crippen LogP contribution < -0.4 is 4.18 Å². The first-order valence-electron chi connectivity index (χ1n) is 6.09. The van der Waals surface area contributed by atoms with Crippen molar-refractivity contribution in [3.63, 3.8) is 0 Å². The zero-order chi connectivity index (χ0) is 17.4. The molecule has 0 amide bonds. The Morgan fingerprint density at radius 3 is 2.30 bits per heavy atom. The highest BCUT2D eigenvalue weighted by molar-refractivity contribution is 7.88. The zero-order valence-electron chi connectivity index (χ0n) is 11.5. The van der Waals surface area contributed by atoms with E-state index in [2.05, 4.69) is 4.18 Å². The largest absolute Gasteiger partial charge is 0.534 e. The Labute approximate surface area is 140 Å². The number of hydrogen-bond acceptors (Lipinski definition) is 3. The average Bonchev–Trinajstić information content (AvgIpc) is 2.39. The lowest BCUT2D eigenvalue weighted by atomic mass is 9.99. The van der Waals surface area contributed by atoms with Gasteiger partial charge in [-0.25, -0.2) is 0 Å². The molecule has 0 radical (unpaired) electrons. The van der Waals surface area contributed by atoms with Gasteiger partial charge in [0.2, 0.25) is 0 Å². The molecule has 124 valence electrons. The quantitative estimate of drug-likeness (QED) is 0.539. The molecule has 0 heterocycles. The molecule has 0 atom stereocenters. The van der Waals surface area contributed by atoms with Crippen LogP contribution in [0.5, 0.6) is 5.75 Å². The Hall–Kier alpha value is -1.44. The molecule has 9 heteroatoms. The molecule has 0 spiro atoms. The molecule has 0 N–H and O–H groups in total. The van der Waals surface area contributed by atoms with Crippen molar-refractivity contribution in [3.8, 4) is 16.9 Å². The number of halogens is 5. The van der Waals surface area contributed by atoms with Crippen LogP contribution >= 0.6 is 23.2 Å². The first-order valence-corrected chi connectivity index (χ1v) is 8.25. The van der Waals surface area contributed by atoms with Gasteiger partial charge in [0, 0.05) is 16.1 Å². The smallest absolute Gasteiger partial charge is 0.375 e. The van der Waals surface area contributed by atoms with Crippen molar-refractivity contribution in [2.45, 2.75) is 12.4 Å². The molecular weight excluding hydrogens is 376 g/mol. The highest BCUT2D eigenvalue weighted by Crippen LogP contribution is 2.40. The van der Waals surface area contributed by atoms with E-state index in [-0.39, 0.29) is 10.6 Å². The summed E-state index contributed by atoms with van der Waals surface area (Å²) in [5.74, 6) is -0.466. The molecule has 0 aromatic heterocycles. The van der Waals surface area contributed by atoms with Crippen LogP contribution in [-0.2, 0) is 10.1 Å². The van der Waals surface area contributed by atoms with Gasteiger partial charge in [0.1, 0.15) is 0 Å². The van der Waals surface area contributed by atoms with Crippen LogP contribution in [0.15, 0.2) is 36.4 Å². The Morgan fingerprint density at radius 2 is 1.74 bits per heavy atom. The molecule has 2 rings (SSSR count). The van der Waals surface area contributed by atoms with E-state index >= 15 is 0 Å². The van der Waals surface area contributed by atoms with Crippen LogP contribution in [0.4, 0.5) is 13.2 Å². The van der Waals surface area contributed by atoms with Gasteiger partial charge in [0.05, 0.1) is 5.02 Å². The molecule has 0 aliphatic rings. The summed E-state index contributed by atoms with van der Waals surface area (Å²) in [5, 5.41) is 0.485. The van der Waals surface area contributed by atoms with E-state index in [1.807, 2.05) is 0 Å². The van der Waals surface area contributed by atoms with Crippen LogP contribution in [0.1, 0.15) is 5.56 Å². The van der Waals surface area contributed by atoms with E-state index in [1.54, 1.807) is 13.0 Å². The maximum atomic E-state index is 12.5. The molecule has 3 nitrogen and oxygen atoms in total. The fraction of sp³-hybridized carbons (Fsp3) is 0.143. The van der Waals surface area contributed by atoms with Crippen LogP contribution in [0, 0.1) is 6.92 Å². The third-order valence-corrected chi connectivity index (χ3v) is 4.43. The molecule has 2 aromatic rings. The number of rotatable bonds is 3. The van der Waals surface area contributed by atoms with Gasteiger partial charge in [0.15, 0.2) is 5.75 Å². The Balaban J connectivity index is 2.62. The minimum atomic E-state index is -5.79. The molecule has 0 bridgehead atoms. The third-order valence-electron chi connectivity index (χ3n) is 2.92. The summed E-state index contributed by atoms with van der Waals surface area (Å²) in [6.07, 6.45) is 0. The zero-order valence-corrected chi connectivity index (χ0v) is 13.8. The lowest BCUT2D eigenvalue weighted by Crippen LogP contribution is -2.28. The van der Waals surface area contributed by atoms with E-state index in [0.29, 0.717) is 16.1 Å². The predicted octanol–water partition coefficient (Wildman–Crippen LogP) is 5.20. The number of hydrogen-bond donors (Lipinski definition) is 0. The average molecular weight is 385 g/mol. The van der Waals surface area contributed by atoms with Crippen molar-refractivity contribution in [1.82, 2.24) is 0 Å². The number of aryl methyl sites for hydroxylation is 1. The van der Waals surface area contributed by atoms with Gasteiger partial charge in [-0.1, -0.05) is 41.4 Å². The van der Waals surface area contributed by atoms with Crippen LogP contribution in [0.25, 0.3) is 11.1 Å². The third kappa shape index (κ3) is 3.73. The van der Waals surface area contributed by atoms with Gasteiger partial charge < -0.3 is 4.18 Å². The second kappa shape index (κ2) is 6.22. The first kappa shape index (κ1) is 17.9. The van der Waals surface area contributed by atoms with Gasteiger partial charge in [-0.3, -0.25) is 0 Å². The molecule has 23 heavy (non-hydrogen) atoms. The SMILES string of the molecule is Cc1cccc(OS(=O)(=O)C(F)(F)F)c1-c1ccc(Cl)cc1Cl. The van der Waals surface area contributed by atoms with E-state index < -0.39 is 21.4 Å². The minimum absolute atomic E-state index is 0.141. The van der Waals surface area contributed by atoms with Crippen molar-refractivity contribution < 1.29 is 25.8 Å². The van der Waals surface area contributed by atoms with Crippen molar-refractivity contribution in [2.75, 3.05) is 0 Å². The molecule has 0 unspecified atom stereocenters. The molecule has 0 aliphatic carbocycles. The monoisotopic (exact) mass is 384 g/mol. The van der Waals surface area contributed by atoms with Crippen molar-refractivity contribution in [1.29, 1.82) is 0 Å². The molecule has 0 saturated carbocycles. The molecule has 2 aromatic carbocycles. The van der Waals surface area contributed by atoms with Crippen molar-refractivity contribution in [2.24, 2.45) is 0 Å². The molecular formula is C14H9Cl2F3O3S. The van der Waals surface area contributed by atoms with Crippen LogP contribution in [0.3, 0.4) is 0 Å². The molecule has 0 aliphatic heterocycles. The summed E-state index contributed by atoms with van der Waals surface area (Å²) < 4.78 is 64.4. The second-order valence-corrected chi connectivity index (χ2v) is 6.94. The minimum Gasteiger partial charge on any atom is -0.375 e. The molecule has 0 fully saturated rings. The number of alkyl halides is 3. The van der Waals surface area contributed by atoms with Gasteiger partial charge in [-0.05, 0) is 30.7 Å². The summed E-state index contributed by atoms with van der Waals surface area (Å²) in [6, 6.07) is 8.44. The van der Waals surface area contributed by atoms with E-state index in [9.17, 15) is 21.6 Å². The first-order chi connectivity index (χ1) is 10.5. The van der Waals surface area contributed by atoms with E-state index in [1.165, 1.54) is 24.3 Å². The number of benzene rings is 2. The standard InChI is InChI=1S/C14H9Cl2F3O3S/c1-8-3-2-4-12(22-23(20,21)14(17,18)19)13(8)10-6-5-9(15)7-11(10)16/h2-7H,1H3. The lowest BCUT2D eigenvalue weighted by molar-refractivity contribution is -0.0499. The van der Waals surface area contributed by atoms with Crippen molar-refractivity contribution >= 4 is 33.3 Å². The van der Waals surface area contributed by atoms with E-state index in [4.69, 9.17) is 23.2 Å². The Morgan fingerprint density at radius 1 is 1.09 bits per heavy atom. The molecule has 0 saturated heterocycles. The topological polar surface area (TPSA) is 43.4 Å². The van der Waals surface area contributed by atoms with E-state index in [0.717, 1.165) is 6.07 Å². The van der Waals surface area contributed by atoms with Gasteiger partial charge >= 0.3 is 15.6 Å². The normalized spacial score (nSPS) is 12.3. The summed E-state index contributed by atoms with van der Waals surface area (Å²) in [6.45, 7) is 1.59. The van der Waals surface area contributed by atoms with Crippen LogP contribution in [-0.4, -0.2) is 13.9 Å². The van der Waals surface area contributed by atoms with Gasteiger partial charge in [0.25, 0.3) is 0 Å². The van der Waals surface area contributed by atoms with Gasteiger partial charge in [-0.2, -0.15) is 21.6 Å². The lowest BCUT2D eigenvalue weighted by Gasteiger charge is -2.16. The van der Waals surface area contributed by atoms with Crippen molar-refractivity contribution in [3.05, 3.63) is 52.0 Å². The highest BCUT2D eigenvalue weighted by atomic mass is 35.5. The van der Waals surface area contributed by atoms with Gasteiger partial charge in [-0.15, -0.1) is 0 Å². The summed E-state index contributed by atoms with van der Waals surface area (Å²) in [4.78, 5) is 0. The fourth-order valence-electron chi connectivity index (χ4n) is 1.91. The Kier molecular flexibility index (Phi) is 4.84. The predicted molar refractivity (Wildman–Crippen MR) is 82.2 cm³/mol. The Bertz CT molecular complexity index is 849. The second-order valence-electron chi connectivity index (χ2n) is 4.56.